The average molecular weight is 266 g/mol. The SMILES string of the molecule is CCOC(=O)C1CNCCN1C(=O)C1C2CCCC21. The molecular weight excluding hydrogens is 244 g/mol. The van der Waals surface area contributed by atoms with Crippen LogP contribution in [0.5, 0.6) is 0 Å². The van der Waals surface area contributed by atoms with E-state index in [1.807, 2.05) is 0 Å². The Bertz CT molecular complexity index is 375. The maximum atomic E-state index is 12.6. The lowest BCUT2D eigenvalue weighted by molar-refractivity contribution is -0.156. The van der Waals surface area contributed by atoms with Gasteiger partial charge in [0.2, 0.25) is 5.91 Å². The highest BCUT2D eigenvalue weighted by molar-refractivity contribution is 5.88. The summed E-state index contributed by atoms with van der Waals surface area (Å²) in [5.74, 6) is 1.32. The highest BCUT2D eigenvalue weighted by atomic mass is 16.5. The zero-order valence-electron chi connectivity index (χ0n) is 11.4. The van der Waals surface area contributed by atoms with Gasteiger partial charge >= 0.3 is 5.97 Å². The highest BCUT2D eigenvalue weighted by Crippen LogP contribution is 2.58. The highest BCUT2D eigenvalue weighted by Gasteiger charge is 2.58. The topological polar surface area (TPSA) is 58.6 Å². The molecule has 5 heteroatoms. The minimum atomic E-state index is -0.428. The fraction of sp³-hybridized carbons (Fsp3) is 0.857. The van der Waals surface area contributed by atoms with Crippen LogP contribution in [0.2, 0.25) is 0 Å². The monoisotopic (exact) mass is 266 g/mol. The van der Waals surface area contributed by atoms with E-state index in [0.29, 0.717) is 31.5 Å². The van der Waals surface area contributed by atoms with E-state index < -0.39 is 6.04 Å². The number of piperazine rings is 1. The lowest BCUT2D eigenvalue weighted by Crippen LogP contribution is -2.58. The van der Waals surface area contributed by atoms with E-state index in [1.165, 1.54) is 19.3 Å². The van der Waals surface area contributed by atoms with Crippen molar-refractivity contribution in [2.45, 2.75) is 32.2 Å². The zero-order valence-corrected chi connectivity index (χ0v) is 11.4. The van der Waals surface area contributed by atoms with Crippen LogP contribution in [0.25, 0.3) is 0 Å². The van der Waals surface area contributed by atoms with E-state index in [4.69, 9.17) is 4.74 Å². The molecule has 1 amide bonds. The number of carbonyl (C=O) groups is 2. The van der Waals surface area contributed by atoms with Crippen LogP contribution >= 0.6 is 0 Å². The summed E-state index contributed by atoms with van der Waals surface area (Å²) in [4.78, 5) is 26.3. The van der Waals surface area contributed by atoms with Crippen LogP contribution in [0, 0.1) is 17.8 Å². The minimum absolute atomic E-state index is 0.189. The van der Waals surface area contributed by atoms with Gasteiger partial charge in [0.15, 0.2) is 0 Å². The second-order valence-corrected chi connectivity index (χ2v) is 5.79. The van der Waals surface area contributed by atoms with Crippen molar-refractivity contribution in [2.24, 2.45) is 17.8 Å². The van der Waals surface area contributed by atoms with E-state index >= 15 is 0 Å². The molecule has 0 radical (unpaired) electrons. The molecule has 2 aliphatic carbocycles. The summed E-state index contributed by atoms with van der Waals surface area (Å²) in [6.07, 6.45) is 3.65. The zero-order chi connectivity index (χ0) is 13.4. The first kappa shape index (κ1) is 12.9. The number of nitrogens with one attached hydrogen (secondary N) is 1. The van der Waals surface area contributed by atoms with E-state index in [0.717, 1.165) is 6.54 Å². The van der Waals surface area contributed by atoms with Crippen molar-refractivity contribution < 1.29 is 14.3 Å². The maximum Gasteiger partial charge on any atom is 0.330 e. The number of hydrogen-bond acceptors (Lipinski definition) is 4. The number of ether oxygens (including phenoxy) is 1. The lowest BCUT2D eigenvalue weighted by Gasteiger charge is -2.35. The maximum absolute atomic E-state index is 12.6. The number of fused-ring (bicyclic) bond motifs is 1. The molecule has 3 fully saturated rings. The molecule has 2 saturated carbocycles. The number of hydrogen-bond donors (Lipinski definition) is 1. The summed E-state index contributed by atoms with van der Waals surface area (Å²) in [5.41, 5.74) is 0. The van der Waals surface area contributed by atoms with Crippen molar-refractivity contribution >= 4 is 11.9 Å². The normalized spacial score (nSPS) is 36.8. The van der Waals surface area contributed by atoms with Crippen molar-refractivity contribution in [3.05, 3.63) is 0 Å². The number of carbonyl (C=O) groups excluding carboxylic acids is 2. The first-order valence-corrected chi connectivity index (χ1v) is 7.42. The number of amides is 1. The van der Waals surface area contributed by atoms with Crippen LogP contribution in [0.3, 0.4) is 0 Å². The molecule has 5 nitrogen and oxygen atoms in total. The molecule has 1 saturated heterocycles. The van der Waals surface area contributed by atoms with E-state index in [1.54, 1.807) is 11.8 Å². The minimum Gasteiger partial charge on any atom is -0.464 e. The molecule has 1 N–H and O–H groups in total. The third kappa shape index (κ3) is 2.24. The molecule has 3 unspecified atom stereocenters. The Hall–Kier alpha value is -1.10. The summed E-state index contributed by atoms with van der Waals surface area (Å²) in [6.45, 7) is 4.08. The van der Waals surface area contributed by atoms with Crippen LogP contribution < -0.4 is 5.32 Å². The summed E-state index contributed by atoms with van der Waals surface area (Å²) < 4.78 is 5.08. The number of esters is 1. The van der Waals surface area contributed by atoms with Gasteiger partial charge in [-0.25, -0.2) is 4.79 Å². The predicted molar refractivity (Wildman–Crippen MR) is 69.3 cm³/mol. The van der Waals surface area contributed by atoms with Gasteiger partial charge in [-0.1, -0.05) is 6.42 Å². The summed E-state index contributed by atoms with van der Waals surface area (Å²) in [6, 6.07) is -0.428. The molecule has 0 aromatic carbocycles. The Kier molecular flexibility index (Phi) is 3.48. The van der Waals surface area contributed by atoms with Gasteiger partial charge in [-0.2, -0.15) is 0 Å². The molecule has 0 aromatic rings. The first-order chi connectivity index (χ1) is 9.24. The molecule has 3 rings (SSSR count). The van der Waals surface area contributed by atoms with Gasteiger partial charge in [0.1, 0.15) is 6.04 Å². The molecule has 0 bridgehead atoms. The lowest BCUT2D eigenvalue weighted by atomic mass is 10.1. The largest absolute Gasteiger partial charge is 0.464 e. The van der Waals surface area contributed by atoms with Crippen molar-refractivity contribution in [2.75, 3.05) is 26.2 Å². The standard InChI is InChI=1S/C14H22N2O3/c1-2-19-14(18)11-8-15-6-7-16(11)13(17)12-9-4-3-5-10(9)12/h9-12,15H,2-8H2,1H3. The summed E-state index contributed by atoms with van der Waals surface area (Å²) in [5, 5.41) is 3.17. The molecule has 1 heterocycles. The third-order valence-electron chi connectivity index (χ3n) is 4.78. The number of rotatable bonds is 3. The Labute approximate surface area is 113 Å². The fourth-order valence-corrected chi connectivity index (χ4v) is 3.80. The van der Waals surface area contributed by atoms with Crippen molar-refractivity contribution in [3.63, 3.8) is 0 Å². The van der Waals surface area contributed by atoms with Gasteiger partial charge < -0.3 is 15.0 Å². The molecule has 0 aromatic heterocycles. The smallest absolute Gasteiger partial charge is 0.330 e. The molecule has 0 spiro atoms. The van der Waals surface area contributed by atoms with Crippen molar-refractivity contribution in [3.8, 4) is 0 Å². The molecule has 3 atom stereocenters. The predicted octanol–water partition coefficient (Wildman–Crippen LogP) is 0.396. The molecule has 106 valence electrons. The second kappa shape index (κ2) is 5.12. The van der Waals surface area contributed by atoms with Gasteiger partial charge in [0.05, 0.1) is 6.61 Å². The van der Waals surface area contributed by atoms with Gasteiger partial charge in [-0.05, 0) is 31.6 Å². The van der Waals surface area contributed by atoms with Gasteiger partial charge in [0, 0.05) is 25.6 Å². The van der Waals surface area contributed by atoms with Crippen LogP contribution in [-0.2, 0) is 14.3 Å². The van der Waals surface area contributed by atoms with E-state index in [2.05, 4.69) is 5.32 Å². The Morgan fingerprint density at radius 3 is 2.74 bits per heavy atom. The molecule has 3 aliphatic rings. The molecular formula is C14H22N2O3. The van der Waals surface area contributed by atoms with Gasteiger partial charge in [-0.15, -0.1) is 0 Å². The molecule has 1 aliphatic heterocycles. The van der Waals surface area contributed by atoms with Crippen LogP contribution in [0.1, 0.15) is 26.2 Å². The Morgan fingerprint density at radius 1 is 1.32 bits per heavy atom. The van der Waals surface area contributed by atoms with Crippen LogP contribution in [0.15, 0.2) is 0 Å². The van der Waals surface area contributed by atoms with Gasteiger partial charge in [0.25, 0.3) is 0 Å². The summed E-state index contributed by atoms with van der Waals surface area (Å²) >= 11 is 0. The van der Waals surface area contributed by atoms with Crippen LogP contribution in [-0.4, -0.2) is 49.1 Å². The van der Waals surface area contributed by atoms with Crippen molar-refractivity contribution in [1.82, 2.24) is 10.2 Å². The fourth-order valence-electron chi connectivity index (χ4n) is 3.80. The average Bonchev–Trinajstić information content (AvgIpc) is 2.90. The summed E-state index contributed by atoms with van der Waals surface area (Å²) in [7, 11) is 0. The van der Waals surface area contributed by atoms with Crippen molar-refractivity contribution in [1.29, 1.82) is 0 Å². The van der Waals surface area contributed by atoms with E-state index in [-0.39, 0.29) is 17.8 Å². The quantitative estimate of drug-likeness (QED) is 0.751. The van der Waals surface area contributed by atoms with Crippen LogP contribution in [0.4, 0.5) is 0 Å². The van der Waals surface area contributed by atoms with Gasteiger partial charge in [-0.3, -0.25) is 4.79 Å². The Morgan fingerprint density at radius 2 is 2.05 bits per heavy atom. The Balaban J connectivity index is 1.66. The van der Waals surface area contributed by atoms with E-state index in [9.17, 15) is 9.59 Å². The second-order valence-electron chi connectivity index (χ2n) is 5.79. The molecule has 19 heavy (non-hydrogen) atoms. The number of nitrogens with zero attached hydrogens (tertiary/aromatic N) is 1. The third-order valence-corrected chi connectivity index (χ3v) is 4.78. The first-order valence-electron chi connectivity index (χ1n) is 7.42.